The number of rotatable bonds is 8. The van der Waals surface area contributed by atoms with E-state index in [0.29, 0.717) is 18.5 Å². The summed E-state index contributed by atoms with van der Waals surface area (Å²) in [6.07, 6.45) is 2.23. The summed E-state index contributed by atoms with van der Waals surface area (Å²) >= 11 is 0. The van der Waals surface area contributed by atoms with Gasteiger partial charge in [-0.15, -0.1) is 0 Å². The number of fused-ring (bicyclic) bond motifs is 1. The summed E-state index contributed by atoms with van der Waals surface area (Å²) in [6.45, 7) is 7.44. The molecule has 1 fully saturated rings. The number of ether oxygens (including phenoxy) is 2. The monoisotopic (exact) mass is 397 g/mol. The fourth-order valence-corrected chi connectivity index (χ4v) is 3.71. The van der Waals surface area contributed by atoms with Gasteiger partial charge in [0.2, 0.25) is 0 Å². The zero-order chi connectivity index (χ0) is 21.1. The van der Waals surface area contributed by atoms with Crippen molar-refractivity contribution in [3.8, 4) is 0 Å². The molecule has 158 valence electrons. The third-order valence-electron chi connectivity index (χ3n) is 5.51. The first-order chi connectivity index (χ1) is 13.1. The Kier molecular flexibility index (Phi) is 7.39. The van der Waals surface area contributed by atoms with Crippen LogP contribution in [-0.2, 0) is 19.1 Å². The van der Waals surface area contributed by atoms with Crippen LogP contribution in [0.5, 0.6) is 0 Å². The number of carbonyl (C=O) groups excluding carboxylic acids is 2. The van der Waals surface area contributed by atoms with E-state index >= 15 is 0 Å². The van der Waals surface area contributed by atoms with Crippen LogP contribution in [0, 0.1) is 5.92 Å². The summed E-state index contributed by atoms with van der Waals surface area (Å²) < 4.78 is 10.9. The minimum atomic E-state index is -1.98. The molecule has 0 amide bonds. The fraction of sp³-hybridized carbons (Fsp3) is 0.700. The highest BCUT2D eigenvalue weighted by atomic mass is 16.6. The topological polar surface area (TPSA) is 117 Å². The summed E-state index contributed by atoms with van der Waals surface area (Å²) in [5.74, 6) is -1.90. The van der Waals surface area contributed by atoms with E-state index in [1.807, 2.05) is 6.08 Å². The number of aliphatic hydroxyl groups excluding tert-OH is 2. The Bertz CT molecular complexity index is 645. The predicted molar refractivity (Wildman–Crippen MR) is 101 cm³/mol. The summed E-state index contributed by atoms with van der Waals surface area (Å²) in [7, 11) is 0. The Balaban J connectivity index is 2.01. The zero-order valence-electron chi connectivity index (χ0n) is 16.9. The second-order valence-corrected chi connectivity index (χ2v) is 7.86. The molecule has 4 atom stereocenters. The number of carbonyl (C=O) groups is 2. The van der Waals surface area contributed by atoms with Gasteiger partial charge in [0, 0.05) is 19.2 Å². The molecule has 8 nitrogen and oxygen atoms in total. The second kappa shape index (κ2) is 9.17. The lowest BCUT2D eigenvalue weighted by molar-refractivity contribution is -0.183. The minimum Gasteiger partial charge on any atom is -0.459 e. The van der Waals surface area contributed by atoms with Crippen molar-refractivity contribution in [1.29, 1.82) is 0 Å². The standard InChI is InChI=1S/C20H31NO7/c1-12(2)20(26,14(4)23)19(25)27-11-15-5-7-21-8-6-16(18(15)21)28-17(24)9-13(3)10-22/h5,9,12,14,16,18,22-23,26H,6-8,10-11H2,1-4H3/b13-9+/t14-,16-,18-,20+/m1/s1. The molecular formula is C20H31NO7. The van der Waals surface area contributed by atoms with E-state index in [1.165, 1.54) is 13.0 Å². The van der Waals surface area contributed by atoms with Crippen LogP contribution in [0.2, 0.25) is 0 Å². The van der Waals surface area contributed by atoms with Crippen LogP contribution in [0.4, 0.5) is 0 Å². The highest BCUT2D eigenvalue weighted by Gasteiger charge is 2.47. The maximum Gasteiger partial charge on any atom is 0.341 e. The predicted octanol–water partition coefficient (Wildman–Crippen LogP) is 0.162. The third kappa shape index (κ3) is 4.63. The van der Waals surface area contributed by atoms with Crippen molar-refractivity contribution in [3.05, 3.63) is 23.3 Å². The molecule has 0 aromatic heterocycles. The Hall–Kier alpha value is -1.74. The van der Waals surface area contributed by atoms with Gasteiger partial charge in [-0.2, -0.15) is 0 Å². The van der Waals surface area contributed by atoms with E-state index in [-0.39, 0.29) is 25.4 Å². The number of hydrogen-bond acceptors (Lipinski definition) is 8. The smallest absolute Gasteiger partial charge is 0.341 e. The summed E-state index contributed by atoms with van der Waals surface area (Å²) in [4.78, 5) is 26.6. The van der Waals surface area contributed by atoms with Crippen molar-refractivity contribution in [2.45, 2.75) is 58.0 Å². The molecule has 0 aliphatic carbocycles. The second-order valence-electron chi connectivity index (χ2n) is 7.86. The quantitative estimate of drug-likeness (QED) is 0.301. The highest BCUT2D eigenvalue weighted by molar-refractivity contribution is 5.83. The zero-order valence-corrected chi connectivity index (χ0v) is 16.9. The third-order valence-corrected chi connectivity index (χ3v) is 5.51. The van der Waals surface area contributed by atoms with Crippen molar-refractivity contribution in [2.75, 3.05) is 26.3 Å². The largest absolute Gasteiger partial charge is 0.459 e. The van der Waals surface area contributed by atoms with Gasteiger partial charge in [0.05, 0.1) is 18.8 Å². The Morgan fingerprint density at radius 1 is 1.39 bits per heavy atom. The molecule has 1 saturated heterocycles. The maximum absolute atomic E-state index is 12.4. The molecule has 0 bridgehead atoms. The first kappa shape index (κ1) is 22.5. The fourth-order valence-electron chi connectivity index (χ4n) is 3.71. The normalized spacial score (nSPS) is 25.9. The van der Waals surface area contributed by atoms with Crippen LogP contribution < -0.4 is 0 Å². The highest BCUT2D eigenvalue weighted by Crippen LogP contribution is 2.32. The van der Waals surface area contributed by atoms with Crippen LogP contribution in [-0.4, -0.2) is 82.3 Å². The van der Waals surface area contributed by atoms with Crippen LogP contribution in [0.25, 0.3) is 0 Å². The lowest BCUT2D eigenvalue weighted by Crippen LogP contribution is -2.53. The lowest BCUT2D eigenvalue weighted by atomic mass is 9.85. The first-order valence-corrected chi connectivity index (χ1v) is 9.60. The molecule has 0 unspecified atom stereocenters. The van der Waals surface area contributed by atoms with Gasteiger partial charge in [0.15, 0.2) is 5.60 Å². The molecular weight excluding hydrogens is 366 g/mol. The molecule has 3 N–H and O–H groups in total. The molecule has 0 spiro atoms. The van der Waals surface area contributed by atoms with Gasteiger partial charge in [-0.05, 0) is 37.3 Å². The first-order valence-electron chi connectivity index (χ1n) is 9.60. The average Bonchev–Trinajstić information content (AvgIpc) is 3.21. The Morgan fingerprint density at radius 2 is 2.07 bits per heavy atom. The van der Waals surface area contributed by atoms with Crippen molar-refractivity contribution >= 4 is 11.9 Å². The van der Waals surface area contributed by atoms with Gasteiger partial charge in [-0.3, -0.25) is 4.90 Å². The van der Waals surface area contributed by atoms with Crippen LogP contribution in [0.1, 0.15) is 34.1 Å². The van der Waals surface area contributed by atoms with Gasteiger partial charge in [-0.1, -0.05) is 19.9 Å². The minimum absolute atomic E-state index is 0.0404. The van der Waals surface area contributed by atoms with E-state index in [2.05, 4.69) is 4.90 Å². The summed E-state index contributed by atoms with van der Waals surface area (Å²) in [5.41, 5.74) is -0.655. The van der Waals surface area contributed by atoms with Crippen LogP contribution in [0.3, 0.4) is 0 Å². The van der Waals surface area contributed by atoms with Crippen LogP contribution in [0.15, 0.2) is 23.3 Å². The molecule has 8 heteroatoms. The van der Waals surface area contributed by atoms with E-state index in [4.69, 9.17) is 14.6 Å². The molecule has 2 rings (SSSR count). The maximum atomic E-state index is 12.4. The van der Waals surface area contributed by atoms with Gasteiger partial charge in [0.25, 0.3) is 0 Å². The van der Waals surface area contributed by atoms with E-state index in [1.54, 1.807) is 20.8 Å². The molecule has 0 aromatic carbocycles. The van der Waals surface area contributed by atoms with Crippen molar-refractivity contribution in [2.24, 2.45) is 5.92 Å². The summed E-state index contributed by atoms with van der Waals surface area (Å²) in [6, 6.07) is -0.182. The lowest BCUT2D eigenvalue weighted by Gasteiger charge is -2.32. The molecule has 28 heavy (non-hydrogen) atoms. The summed E-state index contributed by atoms with van der Waals surface area (Å²) in [5, 5.41) is 29.4. The number of aliphatic hydroxyl groups is 3. The van der Waals surface area contributed by atoms with Gasteiger partial charge < -0.3 is 24.8 Å². The number of nitrogens with zero attached hydrogens (tertiary/aromatic N) is 1. The molecule has 2 aliphatic heterocycles. The Labute approximate surface area is 165 Å². The molecule has 0 saturated carbocycles. The van der Waals surface area contributed by atoms with Crippen molar-refractivity contribution < 1.29 is 34.4 Å². The average molecular weight is 397 g/mol. The molecule has 0 aromatic rings. The molecule has 2 aliphatic rings. The van der Waals surface area contributed by atoms with E-state index < -0.39 is 29.6 Å². The van der Waals surface area contributed by atoms with Gasteiger partial charge >= 0.3 is 11.9 Å². The van der Waals surface area contributed by atoms with Crippen molar-refractivity contribution in [3.63, 3.8) is 0 Å². The number of esters is 2. The van der Waals surface area contributed by atoms with E-state index in [0.717, 1.165) is 12.1 Å². The Morgan fingerprint density at radius 3 is 2.64 bits per heavy atom. The van der Waals surface area contributed by atoms with Gasteiger partial charge in [-0.25, -0.2) is 9.59 Å². The number of hydrogen-bond donors (Lipinski definition) is 3. The van der Waals surface area contributed by atoms with E-state index in [9.17, 15) is 19.8 Å². The molecule has 2 heterocycles. The SMILES string of the molecule is C/C(=C\C(=O)O[C@@H]1CCN2CC=C(COC(=O)[C@](O)(C(C)C)[C@@H](C)O)[C@H]12)CO. The van der Waals surface area contributed by atoms with Gasteiger partial charge in [0.1, 0.15) is 12.7 Å². The van der Waals surface area contributed by atoms with Crippen molar-refractivity contribution in [1.82, 2.24) is 4.90 Å². The molecule has 0 radical (unpaired) electrons. The van der Waals surface area contributed by atoms with Crippen LogP contribution >= 0.6 is 0 Å².